The fraction of sp³-hybridized carbons (Fsp3) is 0.500. The van der Waals surface area contributed by atoms with Crippen LogP contribution in [0.1, 0.15) is 13.3 Å². The summed E-state index contributed by atoms with van der Waals surface area (Å²) in [5.41, 5.74) is 0.757. The van der Waals surface area contributed by atoms with Crippen molar-refractivity contribution in [3.63, 3.8) is 0 Å². The third-order valence-corrected chi connectivity index (χ3v) is 2.86. The van der Waals surface area contributed by atoms with Crippen LogP contribution in [0.5, 0.6) is 5.75 Å². The molecule has 1 saturated heterocycles. The molecule has 1 heterocycles. The van der Waals surface area contributed by atoms with Gasteiger partial charge in [0.05, 0.1) is 19.8 Å². The Morgan fingerprint density at radius 1 is 1.55 bits per heavy atom. The minimum absolute atomic E-state index is 0. The molecule has 0 aliphatic carbocycles. The summed E-state index contributed by atoms with van der Waals surface area (Å²) >= 11 is 0. The molecule has 112 valence electrons. The molecule has 1 aliphatic rings. The van der Waals surface area contributed by atoms with Gasteiger partial charge >= 0.3 is 0 Å². The van der Waals surface area contributed by atoms with Gasteiger partial charge in [0, 0.05) is 30.8 Å². The fourth-order valence-electron chi connectivity index (χ4n) is 2.02. The van der Waals surface area contributed by atoms with Gasteiger partial charge in [-0.25, -0.2) is 0 Å². The molecule has 0 aromatic heterocycles. The monoisotopic (exact) mass is 300 g/mol. The van der Waals surface area contributed by atoms with E-state index in [1.165, 1.54) is 0 Å². The molecule has 2 rings (SSSR count). The summed E-state index contributed by atoms with van der Waals surface area (Å²) < 4.78 is 10.7. The summed E-state index contributed by atoms with van der Waals surface area (Å²) in [6.45, 7) is 4.65. The van der Waals surface area contributed by atoms with Crippen molar-refractivity contribution in [2.24, 2.45) is 0 Å². The molecule has 1 aromatic carbocycles. The van der Waals surface area contributed by atoms with Gasteiger partial charge in [-0.3, -0.25) is 4.79 Å². The van der Waals surface area contributed by atoms with Gasteiger partial charge in [0.1, 0.15) is 5.75 Å². The highest BCUT2D eigenvalue weighted by Crippen LogP contribution is 2.17. The smallest absolute Gasteiger partial charge is 0.226 e. The molecule has 20 heavy (non-hydrogen) atoms. The summed E-state index contributed by atoms with van der Waals surface area (Å²) in [4.78, 5) is 11.9. The molecule has 1 amide bonds. The lowest BCUT2D eigenvalue weighted by Gasteiger charge is -2.23. The van der Waals surface area contributed by atoms with Gasteiger partial charge in [-0.05, 0) is 19.1 Å². The molecular weight excluding hydrogens is 280 g/mol. The van der Waals surface area contributed by atoms with Crippen LogP contribution >= 0.6 is 12.4 Å². The number of amides is 1. The van der Waals surface area contributed by atoms with Crippen LogP contribution in [0.3, 0.4) is 0 Å². The highest BCUT2D eigenvalue weighted by Gasteiger charge is 2.16. The van der Waals surface area contributed by atoms with Gasteiger partial charge < -0.3 is 20.1 Å². The van der Waals surface area contributed by atoms with E-state index < -0.39 is 0 Å². The lowest BCUT2D eigenvalue weighted by atomic mass is 10.2. The number of anilines is 1. The van der Waals surface area contributed by atoms with Crippen LogP contribution in [-0.4, -0.2) is 38.3 Å². The molecule has 1 aromatic rings. The van der Waals surface area contributed by atoms with E-state index in [9.17, 15) is 4.79 Å². The van der Waals surface area contributed by atoms with Crippen LogP contribution in [0.25, 0.3) is 0 Å². The van der Waals surface area contributed by atoms with Crippen LogP contribution in [0.4, 0.5) is 5.69 Å². The van der Waals surface area contributed by atoms with Gasteiger partial charge in [-0.15, -0.1) is 12.4 Å². The first-order valence-electron chi connectivity index (χ1n) is 6.62. The minimum Gasteiger partial charge on any atom is -0.494 e. The molecule has 0 radical (unpaired) electrons. The second kappa shape index (κ2) is 8.79. The Hall–Kier alpha value is -1.30. The maximum absolute atomic E-state index is 11.9. The largest absolute Gasteiger partial charge is 0.494 e. The molecule has 1 unspecified atom stereocenters. The highest BCUT2D eigenvalue weighted by atomic mass is 35.5. The van der Waals surface area contributed by atoms with Crippen molar-refractivity contribution >= 4 is 24.0 Å². The summed E-state index contributed by atoms with van der Waals surface area (Å²) in [6, 6.07) is 7.51. The van der Waals surface area contributed by atoms with E-state index in [0.29, 0.717) is 26.2 Å². The lowest BCUT2D eigenvalue weighted by Crippen LogP contribution is -2.43. The molecular formula is C14H21ClN2O3. The molecule has 0 bridgehead atoms. The van der Waals surface area contributed by atoms with E-state index in [1.807, 2.05) is 31.2 Å². The molecule has 5 nitrogen and oxygen atoms in total. The Labute approximate surface area is 125 Å². The van der Waals surface area contributed by atoms with E-state index in [-0.39, 0.29) is 24.4 Å². The Kier molecular flexibility index (Phi) is 7.36. The highest BCUT2D eigenvalue weighted by molar-refractivity contribution is 5.91. The number of halogens is 1. The molecule has 2 N–H and O–H groups in total. The second-order valence-corrected chi connectivity index (χ2v) is 4.44. The predicted octanol–water partition coefficient (Wildman–Crippen LogP) is 1.82. The summed E-state index contributed by atoms with van der Waals surface area (Å²) in [7, 11) is 0. The fourth-order valence-corrected chi connectivity index (χ4v) is 2.02. The van der Waals surface area contributed by atoms with E-state index in [0.717, 1.165) is 18.0 Å². The Morgan fingerprint density at radius 2 is 2.40 bits per heavy atom. The number of carbonyl (C=O) groups is 1. The molecule has 0 saturated carbocycles. The van der Waals surface area contributed by atoms with Crippen molar-refractivity contribution in [3.8, 4) is 5.75 Å². The van der Waals surface area contributed by atoms with Crippen molar-refractivity contribution in [1.82, 2.24) is 5.32 Å². The molecule has 1 aliphatic heterocycles. The Balaban J connectivity index is 0.00000200. The van der Waals surface area contributed by atoms with Crippen LogP contribution in [0.2, 0.25) is 0 Å². The predicted molar refractivity (Wildman–Crippen MR) is 80.7 cm³/mol. The number of rotatable bonds is 5. The third kappa shape index (κ3) is 5.36. The van der Waals surface area contributed by atoms with Gasteiger partial charge in [-0.2, -0.15) is 0 Å². The van der Waals surface area contributed by atoms with Crippen molar-refractivity contribution in [3.05, 3.63) is 24.3 Å². The maximum atomic E-state index is 11.9. The average molecular weight is 301 g/mol. The molecule has 1 fully saturated rings. The zero-order valence-electron chi connectivity index (χ0n) is 11.6. The first-order chi connectivity index (χ1) is 9.28. The standard InChI is InChI=1S/C14H20N2O3.ClH/c1-2-19-13-5-3-4-11(8-13)16-14(17)9-12-10-18-7-6-15-12;/h3-5,8,12,15H,2,6-7,9-10H2,1H3,(H,16,17);1H. The van der Waals surface area contributed by atoms with Crippen molar-refractivity contribution in [2.75, 3.05) is 31.7 Å². The van der Waals surface area contributed by atoms with Crippen molar-refractivity contribution in [1.29, 1.82) is 0 Å². The number of benzene rings is 1. The van der Waals surface area contributed by atoms with E-state index in [1.54, 1.807) is 0 Å². The Morgan fingerprint density at radius 3 is 3.10 bits per heavy atom. The van der Waals surface area contributed by atoms with Gasteiger partial charge in [0.15, 0.2) is 0 Å². The normalized spacial score (nSPS) is 17.9. The summed E-state index contributed by atoms with van der Waals surface area (Å²) in [5, 5.41) is 6.13. The first-order valence-corrected chi connectivity index (χ1v) is 6.62. The van der Waals surface area contributed by atoms with Gasteiger partial charge in [0.2, 0.25) is 5.91 Å². The summed E-state index contributed by atoms with van der Waals surface area (Å²) in [6.07, 6.45) is 0.416. The van der Waals surface area contributed by atoms with E-state index >= 15 is 0 Å². The number of hydrogen-bond donors (Lipinski definition) is 2. The van der Waals surface area contributed by atoms with Gasteiger partial charge in [0.25, 0.3) is 0 Å². The zero-order valence-corrected chi connectivity index (χ0v) is 12.4. The average Bonchev–Trinajstić information content (AvgIpc) is 2.40. The van der Waals surface area contributed by atoms with Crippen LogP contribution < -0.4 is 15.4 Å². The van der Waals surface area contributed by atoms with Crippen LogP contribution in [0, 0.1) is 0 Å². The number of ether oxygens (including phenoxy) is 2. The molecule has 6 heteroatoms. The lowest BCUT2D eigenvalue weighted by molar-refractivity contribution is -0.117. The molecule has 0 spiro atoms. The number of morpholine rings is 1. The topological polar surface area (TPSA) is 59.6 Å². The maximum Gasteiger partial charge on any atom is 0.226 e. The summed E-state index contributed by atoms with van der Waals surface area (Å²) in [5.74, 6) is 0.746. The van der Waals surface area contributed by atoms with Crippen LogP contribution in [0.15, 0.2) is 24.3 Å². The van der Waals surface area contributed by atoms with Crippen molar-refractivity contribution < 1.29 is 14.3 Å². The first kappa shape index (κ1) is 16.8. The minimum atomic E-state index is -0.0170. The zero-order chi connectivity index (χ0) is 13.5. The van der Waals surface area contributed by atoms with E-state index in [2.05, 4.69) is 10.6 Å². The van der Waals surface area contributed by atoms with Crippen LogP contribution in [-0.2, 0) is 9.53 Å². The Bertz CT molecular complexity index is 423. The van der Waals surface area contributed by atoms with E-state index in [4.69, 9.17) is 9.47 Å². The number of hydrogen-bond acceptors (Lipinski definition) is 4. The quantitative estimate of drug-likeness (QED) is 0.871. The SMILES string of the molecule is CCOc1cccc(NC(=O)CC2COCCN2)c1.Cl. The second-order valence-electron chi connectivity index (χ2n) is 4.44. The van der Waals surface area contributed by atoms with Gasteiger partial charge in [-0.1, -0.05) is 6.07 Å². The third-order valence-electron chi connectivity index (χ3n) is 2.86. The number of nitrogens with one attached hydrogen (secondary N) is 2. The molecule has 1 atom stereocenters. The number of carbonyl (C=O) groups excluding carboxylic acids is 1. The van der Waals surface area contributed by atoms with Crippen molar-refractivity contribution in [2.45, 2.75) is 19.4 Å².